The lowest BCUT2D eigenvalue weighted by Gasteiger charge is -2.44. The molecule has 4 aliphatic rings. The van der Waals surface area contributed by atoms with E-state index in [4.69, 9.17) is 9.47 Å². The lowest BCUT2D eigenvalue weighted by molar-refractivity contribution is -0.157. The zero-order chi connectivity index (χ0) is 37.5. The number of fused-ring (bicyclic) bond motifs is 2. The van der Waals surface area contributed by atoms with E-state index in [9.17, 15) is 42.3 Å². The molecule has 4 fully saturated rings. The molecule has 4 amide bonds. The van der Waals surface area contributed by atoms with Crippen LogP contribution in [0.25, 0.3) is 10.1 Å². The average molecular weight is 775 g/mol. The van der Waals surface area contributed by atoms with Gasteiger partial charge < -0.3 is 39.3 Å². The van der Waals surface area contributed by atoms with Crippen molar-refractivity contribution in [1.29, 1.82) is 0 Å². The smallest absolute Gasteiger partial charge is 0.378 e. The predicted octanol–water partition coefficient (Wildman–Crippen LogP) is 3.67. The highest BCUT2D eigenvalue weighted by molar-refractivity contribution is 7.52. The van der Waals surface area contributed by atoms with Crippen molar-refractivity contribution in [3.05, 3.63) is 70.6 Å². The van der Waals surface area contributed by atoms with Crippen LogP contribution in [0.3, 0.4) is 0 Å². The first-order valence-electron chi connectivity index (χ1n) is 17.7. The molecule has 4 aliphatic heterocycles. The summed E-state index contributed by atoms with van der Waals surface area (Å²) in [5.41, 5.74) is -4.35. The molecule has 0 aliphatic carbocycles. The third-order valence-corrected chi connectivity index (χ3v) is 12.7. The molecule has 0 saturated carbocycles. The molecule has 1 aromatic heterocycles. The summed E-state index contributed by atoms with van der Waals surface area (Å²) in [6.07, 6.45) is 1.95. The Balaban J connectivity index is 1.09. The minimum atomic E-state index is -5.80. The first-order chi connectivity index (χ1) is 25.3. The fourth-order valence-electron chi connectivity index (χ4n) is 7.65. The number of thiophene rings is 1. The Labute approximate surface area is 308 Å². The largest absolute Gasteiger partial charge is 0.399 e. The number of hydrogen-bond acceptors (Lipinski definition) is 8. The van der Waals surface area contributed by atoms with Crippen LogP contribution in [0.2, 0.25) is 0 Å². The molecule has 5 heterocycles. The highest BCUT2D eigenvalue weighted by Crippen LogP contribution is 2.59. The Hall–Kier alpha value is -3.79. The lowest BCUT2D eigenvalue weighted by atomic mass is 9.95. The van der Waals surface area contributed by atoms with Crippen LogP contribution in [-0.4, -0.2) is 112 Å². The summed E-state index contributed by atoms with van der Waals surface area (Å²) < 4.78 is 52.4. The van der Waals surface area contributed by atoms with Gasteiger partial charge >= 0.3 is 13.3 Å². The Bertz CT molecular complexity index is 1910. The number of amides is 4. The molecule has 2 aromatic carbocycles. The summed E-state index contributed by atoms with van der Waals surface area (Å²) >= 11 is 0.986. The second-order valence-electron chi connectivity index (χ2n) is 14.1. The highest BCUT2D eigenvalue weighted by Gasteiger charge is 2.51. The minimum absolute atomic E-state index is 0.00118. The first-order valence-corrected chi connectivity index (χ1v) is 20.1. The van der Waals surface area contributed by atoms with Crippen LogP contribution in [0, 0.1) is 5.92 Å². The summed E-state index contributed by atoms with van der Waals surface area (Å²) in [5, 5.41) is 3.03. The van der Waals surface area contributed by atoms with Crippen molar-refractivity contribution in [2.45, 2.75) is 68.6 Å². The van der Waals surface area contributed by atoms with Crippen molar-refractivity contribution in [2.24, 2.45) is 5.92 Å². The van der Waals surface area contributed by atoms with Crippen LogP contribution in [-0.2, 0) is 40.7 Å². The van der Waals surface area contributed by atoms with Crippen molar-refractivity contribution < 1.29 is 51.8 Å². The van der Waals surface area contributed by atoms with E-state index < -0.39 is 48.8 Å². The Morgan fingerprint density at radius 3 is 2.40 bits per heavy atom. The van der Waals surface area contributed by atoms with Gasteiger partial charge in [-0.05, 0) is 54.8 Å². The van der Waals surface area contributed by atoms with E-state index in [-0.39, 0.29) is 53.5 Å². The second kappa shape index (κ2) is 15.2. The number of hydrogen-bond donors (Lipinski definition) is 3. The SMILES string of the molecule is O=C(NC1C[C@H](OCc2ccccc2)CC[C@H]2CC[C@@H](C(=O)N3CC(C(=O)N4CCOCC4)C3)N2C1=O)c1cc2cc(C(F)(F)P(=O)(O)O)ccc2s1. The maximum atomic E-state index is 14.5. The molecule has 1 unspecified atom stereocenters. The summed E-state index contributed by atoms with van der Waals surface area (Å²) in [5.74, 6) is -1.57. The van der Waals surface area contributed by atoms with Crippen molar-refractivity contribution >= 4 is 52.6 Å². The molecule has 284 valence electrons. The van der Waals surface area contributed by atoms with Crippen molar-refractivity contribution in [1.82, 2.24) is 20.0 Å². The van der Waals surface area contributed by atoms with E-state index in [1.807, 2.05) is 30.3 Å². The van der Waals surface area contributed by atoms with Crippen molar-refractivity contribution in [2.75, 3.05) is 39.4 Å². The normalized spacial score (nSPS) is 24.4. The fraction of sp³-hybridized carbons (Fsp3) is 0.500. The summed E-state index contributed by atoms with van der Waals surface area (Å²) in [7, 11) is -5.80. The number of halogens is 2. The van der Waals surface area contributed by atoms with Gasteiger partial charge in [-0.15, -0.1) is 11.3 Å². The van der Waals surface area contributed by atoms with Crippen LogP contribution >= 0.6 is 18.9 Å². The van der Waals surface area contributed by atoms with Gasteiger partial charge in [0.25, 0.3) is 5.91 Å². The molecule has 13 nitrogen and oxygen atoms in total. The van der Waals surface area contributed by atoms with Crippen LogP contribution in [0.5, 0.6) is 0 Å². The third-order valence-electron chi connectivity index (χ3n) is 10.6. The zero-order valence-corrected chi connectivity index (χ0v) is 30.5. The molecule has 4 atom stereocenters. The monoisotopic (exact) mass is 774 g/mol. The number of rotatable bonds is 9. The minimum Gasteiger partial charge on any atom is -0.378 e. The van der Waals surface area contributed by atoms with Gasteiger partial charge in [0.1, 0.15) is 12.1 Å². The molecule has 7 rings (SSSR count). The molecule has 0 radical (unpaired) electrons. The topological polar surface area (TPSA) is 166 Å². The first kappa shape index (κ1) is 37.5. The van der Waals surface area contributed by atoms with Gasteiger partial charge in [0, 0.05) is 48.9 Å². The van der Waals surface area contributed by atoms with E-state index in [1.54, 1.807) is 14.7 Å². The molecule has 53 heavy (non-hydrogen) atoms. The van der Waals surface area contributed by atoms with Crippen LogP contribution in [0.15, 0.2) is 54.6 Å². The molecule has 4 saturated heterocycles. The number of morpholine rings is 1. The maximum Gasteiger partial charge on any atom is 0.399 e. The van der Waals surface area contributed by atoms with Crippen LogP contribution in [0.1, 0.15) is 52.9 Å². The van der Waals surface area contributed by atoms with Gasteiger partial charge in [0.2, 0.25) is 17.7 Å². The number of carbonyl (C=O) groups excluding carboxylic acids is 4. The number of carbonyl (C=O) groups is 4. The molecule has 17 heteroatoms. The van der Waals surface area contributed by atoms with E-state index >= 15 is 0 Å². The highest BCUT2D eigenvalue weighted by atomic mass is 32.1. The van der Waals surface area contributed by atoms with E-state index in [2.05, 4.69) is 5.32 Å². The molecule has 0 spiro atoms. The standard InChI is InChI=1S/C36H41F2N4O9PS/c37-36(38,52(47,48)49)25-6-11-30-23(16-25)17-31(53-30)32(43)39-28-18-27(51-21-22-4-2-1-3-5-22)9-7-26-8-10-29(42(26)34(28)45)35(46)41-19-24(20-41)33(44)40-12-14-50-15-13-40/h1-6,11,16-17,24,26-29H,7-10,12-15,18-21H2,(H,39,43)(H2,47,48,49)/t26-,27+,28?,29-/m0/s1. The number of ether oxygens (including phenoxy) is 2. The van der Waals surface area contributed by atoms with E-state index in [0.717, 1.165) is 29.0 Å². The molecule has 3 N–H and O–H groups in total. The van der Waals surface area contributed by atoms with Gasteiger partial charge in [-0.3, -0.25) is 23.7 Å². The number of alkyl halides is 2. The van der Waals surface area contributed by atoms with Crippen molar-refractivity contribution in [3.63, 3.8) is 0 Å². The number of likely N-dealkylation sites (tertiary alicyclic amines) is 1. The van der Waals surface area contributed by atoms with Crippen LogP contribution in [0.4, 0.5) is 8.78 Å². The summed E-state index contributed by atoms with van der Waals surface area (Å²) in [6, 6.07) is 11.9. The van der Waals surface area contributed by atoms with Gasteiger partial charge in [-0.2, -0.15) is 8.78 Å². The predicted molar refractivity (Wildman–Crippen MR) is 189 cm³/mol. The number of benzene rings is 2. The van der Waals surface area contributed by atoms with Crippen LogP contribution < -0.4 is 5.32 Å². The van der Waals surface area contributed by atoms with Gasteiger partial charge in [0.15, 0.2) is 0 Å². The Morgan fingerprint density at radius 1 is 0.962 bits per heavy atom. The van der Waals surface area contributed by atoms with E-state index in [1.165, 1.54) is 12.1 Å². The molecular formula is C36H41F2N4O9PS. The van der Waals surface area contributed by atoms with E-state index in [0.29, 0.717) is 63.3 Å². The fourth-order valence-corrected chi connectivity index (χ4v) is 9.07. The summed E-state index contributed by atoms with van der Waals surface area (Å²) in [4.78, 5) is 78.6. The Morgan fingerprint density at radius 2 is 1.68 bits per heavy atom. The Kier molecular flexibility index (Phi) is 10.7. The molecular weight excluding hydrogens is 733 g/mol. The van der Waals surface area contributed by atoms with Gasteiger partial charge in [0.05, 0.1) is 36.7 Å². The lowest BCUT2D eigenvalue weighted by Crippen LogP contribution is -2.63. The molecule has 0 bridgehead atoms. The third kappa shape index (κ3) is 7.76. The summed E-state index contributed by atoms with van der Waals surface area (Å²) in [6.45, 7) is 2.87. The number of nitrogens with zero attached hydrogens (tertiary/aromatic N) is 3. The van der Waals surface area contributed by atoms with Gasteiger partial charge in [-0.25, -0.2) is 0 Å². The zero-order valence-electron chi connectivity index (χ0n) is 28.8. The number of nitrogens with one attached hydrogen (secondary N) is 1. The van der Waals surface area contributed by atoms with Gasteiger partial charge in [-0.1, -0.05) is 36.4 Å². The quantitative estimate of drug-likeness (QED) is 0.275. The molecule has 3 aromatic rings. The second-order valence-corrected chi connectivity index (χ2v) is 16.8. The average Bonchev–Trinajstić information content (AvgIpc) is 3.75. The van der Waals surface area contributed by atoms with Crippen molar-refractivity contribution in [3.8, 4) is 0 Å². The maximum absolute atomic E-state index is 14.5.